The summed E-state index contributed by atoms with van der Waals surface area (Å²) in [5, 5.41) is 1.17. The Labute approximate surface area is 134 Å². The van der Waals surface area contributed by atoms with Crippen molar-refractivity contribution in [2.45, 2.75) is 32.2 Å². The standard InChI is InChI=1S/C17H23BrN2O/c1-12(20-8-5-13(4-7-19)6-9-20)17-11-14-10-15(18)2-3-16(14)21-17/h2-3,10-13H,4-9,19H2,1H3. The highest BCUT2D eigenvalue weighted by Crippen LogP contribution is 2.32. The van der Waals surface area contributed by atoms with Crippen LogP contribution in [-0.2, 0) is 0 Å². The number of piperidine rings is 1. The first-order chi connectivity index (χ1) is 10.2. The van der Waals surface area contributed by atoms with E-state index in [0.29, 0.717) is 6.04 Å². The van der Waals surface area contributed by atoms with Crippen molar-refractivity contribution in [3.05, 3.63) is 34.5 Å². The molecule has 1 aromatic heterocycles. The molecule has 0 amide bonds. The third-order valence-electron chi connectivity index (χ3n) is 4.68. The van der Waals surface area contributed by atoms with Crippen LogP contribution in [0.5, 0.6) is 0 Å². The summed E-state index contributed by atoms with van der Waals surface area (Å²) >= 11 is 3.51. The van der Waals surface area contributed by atoms with E-state index in [4.69, 9.17) is 10.2 Å². The summed E-state index contributed by atoms with van der Waals surface area (Å²) in [6, 6.07) is 8.69. The Bertz CT molecular complexity index is 602. The van der Waals surface area contributed by atoms with E-state index in [2.05, 4.69) is 39.9 Å². The lowest BCUT2D eigenvalue weighted by atomic mass is 9.92. The smallest absolute Gasteiger partial charge is 0.134 e. The molecule has 0 radical (unpaired) electrons. The van der Waals surface area contributed by atoms with E-state index in [1.807, 2.05) is 12.1 Å². The number of nitrogens with zero attached hydrogens (tertiary/aromatic N) is 1. The molecular weight excluding hydrogens is 328 g/mol. The summed E-state index contributed by atoms with van der Waals surface area (Å²) in [5.41, 5.74) is 6.64. The summed E-state index contributed by atoms with van der Waals surface area (Å²) in [4.78, 5) is 2.53. The van der Waals surface area contributed by atoms with Gasteiger partial charge >= 0.3 is 0 Å². The highest BCUT2D eigenvalue weighted by atomic mass is 79.9. The van der Waals surface area contributed by atoms with E-state index in [0.717, 1.165) is 41.4 Å². The van der Waals surface area contributed by atoms with Crippen LogP contribution in [0.3, 0.4) is 0 Å². The average molecular weight is 351 g/mol. The lowest BCUT2D eigenvalue weighted by Gasteiger charge is -2.35. The number of hydrogen-bond acceptors (Lipinski definition) is 3. The first-order valence-electron chi connectivity index (χ1n) is 7.80. The van der Waals surface area contributed by atoms with Gasteiger partial charge in [-0.25, -0.2) is 0 Å². The van der Waals surface area contributed by atoms with Crippen LogP contribution in [0, 0.1) is 5.92 Å². The molecule has 0 aliphatic carbocycles. The van der Waals surface area contributed by atoms with E-state index in [-0.39, 0.29) is 0 Å². The van der Waals surface area contributed by atoms with Crippen molar-refractivity contribution in [2.75, 3.05) is 19.6 Å². The molecule has 2 aromatic rings. The SMILES string of the molecule is CC(c1cc2cc(Br)ccc2o1)N1CCC(CCN)CC1. The molecule has 2 heterocycles. The largest absolute Gasteiger partial charge is 0.459 e. The molecule has 114 valence electrons. The number of nitrogens with two attached hydrogens (primary N) is 1. The van der Waals surface area contributed by atoms with Gasteiger partial charge in [-0.2, -0.15) is 0 Å². The minimum absolute atomic E-state index is 0.343. The maximum absolute atomic E-state index is 6.03. The van der Waals surface area contributed by atoms with Crippen LogP contribution in [0.25, 0.3) is 11.0 Å². The summed E-state index contributed by atoms with van der Waals surface area (Å²) < 4.78 is 7.12. The minimum atomic E-state index is 0.343. The van der Waals surface area contributed by atoms with E-state index < -0.39 is 0 Å². The van der Waals surface area contributed by atoms with E-state index >= 15 is 0 Å². The van der Waals surface area contributed by atoms with Gasteiger partial charge in [0.25, 0.3) is 0 Å². The molecule has 1 aliphatic heterocycles. The van der Waals surface area contributed by atoms with Crippen LogP contribution >= 0.6 is 15.9 Å². The van der Waals surface area contributed by atoms with Crippen molar-refractivity contribution in [1.82, 2.24) is 4.90 Å². The van der Waals surface area contributed by atoms with Gasteiger partial charge in [0.1, 0.15) is 11.3 Å². The number of likely N-dealkylation sites (tertiary alicyclic amines) is 1. The second-order valence-electron chi connectivity index (χ2n) is 6.06. The average Bonchev–Trinajstić information content (AvgIpc) is 2.90. The monoisotopic (exact) mass is 350 g/mol. The molecule has 21 heavy (non-hydrogen) atoms. The van der Waals surface area contributed by atoms with E-state index in [1.54, 1.807) is 0 Å². The molecule has 3 nitrogen and oxygen atoms in total. The van der Waals surface area contributed by atoms with Crippen molar-refractivity contribution in [3.63, 3.8) is 0 Å². The molecular formula is C17H23BrN2O. The Morgan fingerprint density at radius 1 is 1.33 bits per heavy atom. The van der Waals surface area contributed by atoms with Crippen molar-refractivity contribution in [1.29, 1.82) is 0 Å². The number of halogens is 1. The Morgan fingerprint density at radius 3 is 2.81 bits per heavy atom. The second kappa shape index (κ2) is 6.51. The van der Waals surface area contributed by atoms with Gasteiger partial charge in [-0.1, -0.05) is 15.9 Å². The zero-order valence-electron chi connectivity index (χ0n) is 12.5. The van der Waals surface area contributed by atoms with Gasteiger partial charge in [-0.15, -0.1) is 0 Å². The van der Waals surface area contributed by atoms with Gasteiger partial charge in [-0.05, 0) is 76.0 Å². The fourth-order valence-corrected chi connectivity index (χ4v) is 3.66. The molecule has 1 fully saturated rings. The fourth-order valence-electron chi connectivity index (χ4n) is 3.29. The summed E-state index contributed by atoms with van der Waals surface area (Å²) in [6.07, 6.45) is 3.68. The lowest BCUT2D eigenvalue weighted by Crippen LogP contribution is -2.36. The molecule has 1 aliphatic rings. The Morgan fingerprint density at radius 2 is 2.10 bits per heavy atom. The fraction of sp³-hybridized carbons (Fsp3) is 0.529. The van der Waals surface area contributed by atoms with Gasteiger partial charge in [0.2, 0.25) is 0 Å². The molecule has 1 atom stereocenters. The van der Waals surface area contributed by atoms with Gasteiger partial charge in [0.15, 0.2) is 0 Å². The first kappa shape index (κ1) is 15.1. The third kappa shape index (κ3) is 3.33. The normalized spacial score (nSPS) is 19.2. The number of rotatable bonds is 4. The van der Waals surface area contributed by atoms with Gasteiger partial charge in [-0.3, -0.25) is 4.90 Å². The number of hydrogen-bond donors (Lipinski definition) is 1. The van der Waals surface area contributed by atoms with Crippen LogP contribution in [0.15, 0.2) is 33.2 Å². The van der Waals surface area contributed by atoms with Crippen LogP contribution in [0.4, 0.5) is 0 Å². The Hall–Kier alpha value is -0.840. The molecule has 0 spiro atoms. The molecule has 0 saturated carbocycles. The van der Waals surface area contributed by atoms with Gasteiger partial charge in [0.05, 0.1) is 6.04 Å². The highest BCUT2D eigenvalue weighted by molar-refractivity contribution is 9.10. The van der Waals surface area contributed by atoms with Crippen molar-refractivity contribution in [2.24, 2.45) is 11.7 Å². The van der Waals surface area contributed by atoms with Crippen molar-refractivity contribution < 1.29 is 4.42 Å². The molecule has 1 unspecified atom stereocenters. The van der Waals surface area contributed by atoms with Gasteiger partial charge in [0, 0.05) is 9.86 Å². The van der Waals surface area contributed by atoms with Crippen LogP contribution in [0.2, 0.25) is 0 Å². The minimum Gasteiger partial charge on any atom is -0.459 e. The summed E-state index contributed by atoms with van der Waals surface area (Å²) in [6.45, 7) is 5.35. The first-order valence-corrected chi connectivity index (χ1v) is 8.60. The molecule has 4 heteroatoms. The second-order valence-corrected chi connectivity index (χ2v) is 6.98. The van der Waals surface area contributed by atoms with Crippen LogP contribution in [-0.4, -0.2) is 24.5 Å². The predicted molar refractivity (Wildman–Crippen MR) is 90.3 cm³/mol. The van der Waals surface area contributed by atoms with Crippen molar-refractivity contribution >= 4 is 26.9 Å². The van der Waals surface area contributed by atoms with Crippen molar-refractivity contribution in [3.8, 4) is 0 Å². The Balaban J connectivity index is 1.70. The third-order valence-corrected chi connectivity index (χ3v) is 5.17. The predicted octanol–water partition coefficient (Wildman–Crippen LogP) is 4.32. The molecule has 0 bridgehead atoms. The van der Waals surface area contributed by atoms with E-state index in [9.17, 15) is 0 Å². The van der Waals surface area contributed by atoms with Crippen LogP contribution in [0.1, 0.15) is 38.0 Å². The summed E-state index contributed by atoms with van der Waals surface area (Å²) in [7, 11) is 0. The zero-order valence-corrected chi connectivity index (χ0v) is 14.1. The molecule has 1 saturated heterocycles. The number of benzene rings is 1. The Kier molecular flexibility index (Phi) is 4.67. The molecule has 3 rings (SSSR count). The topological polar surface area (TPSA) is 42.4 Å². The highest BCUT2D eigenvalue weighted by Gasteiger charge is 2.25. The van der Waals surface area contributed by atoms with Gasteiger partial charge < -0.3 is 10.2 Å². The van der Waals surface area contributed by atoms with E-state index in [1.165, 1.54) is 24.6 Å². The quantitative estimate of drug-likeness (QED) is 0.892. The zero-order chi connectivity index (χ0) is 14.8. The molecule has 2 N–H and O–H groups in total. The van der Waals surface area contributed by atoms with Crippen LogP contribution < -0.4 is 5.73 Å². The number of furan rings is 1. The maximum atomic E-state index is 6.03. The number of fused-ring (bicyclic) bond motifs is 1. The lowest BCUT2D eigenvalue weighted by molar-refractivity contribution is 0.127. The summed E-state index contributed by atoms with van der Waals surface area (Å²) in [5.74, 6) is 1.88. The maximum Gasteiger partial charge on any atom is 0.134 e. The molecule has 1 aromatic carbocycles.